The zero-order valence-electron chi connectivity index (χ0n) is 13.4. The molecule has 3 atom stereocenters. The van der Waals surface area contributed by atoms with E-state index in [1.807, 2.05) is 13.8 Å². The molecule has 2 heterocycles. The second-order valence-electron chi connectivity index (χ2n) is 6.32. The molecular formula is C15H25N3O4. The fourth-order valence-corrected chi connectivity index (χ4v) is 2.62. The van der Waals surface area contributed by atoms with Crippen LogP contribution in [0.25, 0.3) is 0 Å². The van der Waals surface area contributed by atoms with E-state index in [0.29, 0.717) is 30.3 Å². The highest BCUT2D eigenvalue weighted by atomic mass is 16.5. The summed E-state index contributed by atoms with van der Waals surface area (Å²) in [6, 6.07) is 1.26. The number of aromatic nitrogens is 1. The van der Waals surface area contributed by atoms with E-state index in [0.717, 1.165) is 0 Å². The van der Waals surface area contributed by atoms with Crippen molar-refractivity contribution in [3.63, 3.8) is 0 Å². The van der Waals surface area contributed by atoms with Gasteiger partial charge in [0.15, 0.2) is 0 Å². The number of ether oxygens (including phenoxy) is 1. The molecule has 124 valence electrons. The van der Waals surface area contributed by atoms with Gasteiger partial charge in [0.05, 0.1) is 18.8 Å². The molecule has 2 unspecified atom stereocenters. The van der Waals surface area contributed by atoms with Gasteiger partial charge in [-0.3, -0.25) is 4.79 Å². The SMILES string of the molecule is Cc1cc(COC2CN(C(=O)[C@@H](N)CC(C)C)CC2O)no1. The first kappa shape index (κ1) is 16.9. The van der Waals surface area contributed by atoms with Crippen LogP contribution in [0.2, 0.25) is 0 Å². The number of hydrogen-bond donors (Lipinski definition) is 2. The quantitative estimate of drug-likeness (QED) is 0.790. The Morgan fingerprint density at radius 1 is 1.59 bits per heavy atom. The first-order valence-electron chi connectivity index (χ1n) is 7.63. The molecule has 22 heavy (non-hydrogen) atoms. The van der Waals surface area contributed by atoms with Crippen molar-refractivity contribution in [2.75, 3.05) is 13.1 Å². The minimum atomic E-state index is -0.705. The number of β-amino-alcohol motifs (C(OH)–C–C–N with tert-alkyl or cyclic N) is 1. The third-order valence-electron chi connectivity index (χ3n) is 3.71. The number of carbonyl (C=O) groups excluding carboxylic acids is 1. The van der Waals surface area contributed by atoms with Crippen LogP contribution in [0.4, 0.5) is 0 Å². The van der Waals surface area contributed by atoms with Crippen LogP contribution in [0.5, 0.6) is 0 Å². The summed E-state index contributed by atoms with van der Waals surface area (Å²) < 4.78 is 10.6. The van der Waals surface area contributed by atoms with Gasteiger partial charge in [0.2, 0.25) is 5.91 Å². The van der Waals surface area contributed by atoms with Crippen molar-refractivity contribution < 1.29 is 19.2 Å². The van der Waals surface area contributed by atoms with Gasteiger partial charge in [0, 0.05) is 19.2 Å². The second kappa shape index (κ2) is 7.21. The molecule has 0 saturated carbocycles. The number of aryl methyl sites for hydroxylation is 1. The number of rotatable bonds is 6. The Balaban J connectivity index is 1.84. The average Bonchev–Trinajstić information content (AvgIpc) is 3.01. The van der Waals surface area contributed by atoms with Gasteiger partial charge in [0.1, 0.15) is 17.6 Å². The summed E-state index contributed by atoms with van der Waals surface area (Å²) in [6.07, 6.45) is -0.495. The summed E-state index contributed by atoms with van der Waals surface area (Å²) in [7, 11) is 0. The number of nitrogens with two attached hydrogens (primary N) is 1. The van der Waals surface area contributed by atoms with Gasteiger partial charge in [-0.05, 0) is 19.3 Å². The highest BCUT2D eigenvalue weighted by molar-refractivity contribution is 5.82. The van der Waals surface area contributed by atoms with Gasteiger partial charge in [-0.25, -0.2) is 0 Å². The second-order valence-corrected chi connectivity index (χ2v) is 6.32. The Bertz CT molecular complexity index is 503. The molecule has 3 N–H and O–H groups in total. The fraction of sp³-hybridized carbons (Fsp3) is 0.733. The normalized spacial score (nSPS) is 23.3. The van der Waals surface area contributed by atoms with Gasteiger partial charge < -0.3 is 25.0 Å². The van der Waals surface area contributed by atoms with E-state index < -0.39 is 18.2 Å². The molecule has 1 aromatic rings. The zero-order valence-corrected chi connectivity index (χ0v) is 13.4. The Hall–Kier alpha value is -1.44. The maximum atomic E-state index is 12.3. The van der Waals surface area contributed by atoms with Crippen LogP contribution in [-0.2, 0) is 16.1 Å². The van der Waals surface area contributed by atoms with E-state index in [9.17, 15) is 9.90 Å². The molecule has 0 spiro atoms. The van der Waals surface area contributed by atoms with Crippen molar-refractivity contribution in [2.24, 2.45) is 11.7 Å². The molecule has 0 bridgehead atoms. The van der Waals surface area contributed by atoms with Gasteiger partial charge in [-0.1, -0.05) is 19.0 Å². The first-order chi connectivity index (χ1) is 10.4. The molecule has 1 fully saturated rings. The Morgan fingerprint density at radius 2 is 2.32 bits per heavy atom. The summed E-state index contributed by atoms with van der Waals surface area (Å²) in [5.41, 5.74) is 6.59. The van der Waals surface area contributed by atoms with Crippen LogP contribution in [0.15, 0.2) is 10.6 Å². The van der Waals surface area contributed by atoms with Gasteiger partial charge >= 0.3 is 0 Å². The zero-order chi connectivity index (χ0) is 16.3. The molecule has 1 aromatic heterocycles. The van der Waals surface area contributed by atoms with Crippen LogP contribution >= 0.6 is 0 Å². The predicted octanol–water partition coefficient (Wildman–Crippen LogP) is 0.445. The van der Waals surface area contributed by atoms with Crippen molar-refractivity contribution in [1.29, 1.82) is 0 Å². The van der Waals surface area contributed by atoms with E-state index in [2.05, 4.69) is 5.16 Å². The van der Waals surface area contributed by atoms with E-state index in [-0.39, 0.29) is 19.1 Å². The van der Waals surface area contributed by atoms with E-state index >= 15 is 0 Å². The van der Waals surface area contributed by atoms with E-state index in [4.69, 9.17) is 15.0 Å². The van der Waals surface area contributed by atoms with E-state index in [1.54, 1.807) is 17.9 Å². The highest BCUT2D eigenvalue weighted by Crippen LogP contribution is 2.17. The molecule has 1 amide bonds. The molecule has 1 aliphatic rings. The summed E-state index contributed by atoms with van der Waals surface area (Å²) in [6.45, 7) is 6.71. The van der Waals surface area contributed by atoms with Crippen LogP contribution in [-0.4, -0.2) is 52.4 Å². The van der Waals surface area contributed by atoms with Gasteiger partial charge in [-0.15, -0.1) is 0 Å². The number of aliphatic hydroxyl groups excluding tert-OH is 1. The fourth-order valence-electron chi connectivity index (χ4n) is 2.62. The molecule has 1 aliphatic heterocycles. The lowest BCUT2D eigenvalue weighted by atomic mass is 10.0. The van der Waals surface area contributed by atoms with Gasteiger partial charge in [-0.2, -0.15) is 0 Å². The number of likely N-dealkylation sites (tertiary alicyclic amines) is 1. The summed E-state index contributed by atoms with van der Waals surface area (Å²) in [5.74, 6) is 0.937. The lowest BCUT2D eigenvalue weighted by molar-refractivity contribution is -0.132. The third-order valence-corrected chi connectivity index (χ3v) is 3.71. The smallest absolute Gasteiger partial charge is 0.239 e. The Kier molecular flexibility index (Phi) is 5.55. The van der Waals surface area contributed by atoms with Crippen molar-refractivity contribution >= 4 is 5.91 Å². The van der Waals surface area contributed by atoms with Crippen molar-refractivity contribution in [1.82, 2.24) is 10.1 Å². The number of carbonyl (C=O) groups is 1. The topological polar surface area (TPSA) is 102 Å². The van der Waals surface area contributed by atoms with Crippen LogP contribution in [0.3, 0.4) is 0 Å². The van der Waals surface area contributed by atoms with Gasteiger partial charge in [0.25, 0.3) is 0 Å². The Labute approximate surface area is 130 Å². The average molecular weight is 311 g/mol. The summed E-state index contributed by atoms with van der Waals surface area (Å²) in [4.78, 5) is 13.8. The van der Waals surface area contributed by atoms with Crippen LogP contribution in [0, 0.1) is 12.8 Å². The highest BCUT2D eigenvalue weighted by Gasteiger charge is 2.36. The lowest BCUT2D eigenvalue weighted by Gasteiger charge is -2.21. The lowest BCUT2D eigenvalue weighted by Crippen LogP contribution is -2.43. The monoisotopic (exact) mass is 311 g/mol. The number of aliphatic hydroxyl groups is 1. The maximum absolute atomic E-state index is 12.3. The maximum Gasteiger partial charge on any atom is 0.239 e. The predicted molar refractivity (Wildman–Crippen MR) is 79.8 cm³/mol. The molecule has 0 aliphatic carbocycles. The number of nitrogens with zero attached hydrogens (tertiary/aromatic N) is 2. The first-order valence-corrected chi connectivity index (χ1v) is 7.63. The van der Waals surface area contributed by atoms with Crippen LogP contribution < -0.4 is 5.73 Å². The molecule has 7 nitrogen and oxygen atoms in total. The summed E-state index contributed by atoms with van der Waals surface area (Å²) in [5, 5.41) is 13.9. The number of amides is 1. The van der Waals surface area contributed by atoms with Crippen molar-refractivity contribution in [2.45, 2.75) is 52.0 Å². The molecule has 0 aromatic carbocycles. The molecule has 1 saturated heterocycles. The third kappa shape index (κ3) is 4.28. The largest absolute Gasteiger partial charge is 0.388 e. The molecule has 0 radical (unpaired) electrons. The molecular weight excluding hydrogens is 286 g/mol. The van der Waals surface area contributed by atoms with Crippen LogP contribution in [0.1, 0.15) is 31.7 Å². The van der Waals surface area contributed by atoms with Crippen molar-refractivity contribution in [3.05, 3.63) is 17.5 Å². The van der Waals surface area contributed by atoms with E-state index in [1.165, 1.54) is 0 Å². The standard InChI is InChI=1S/C15H25N3O4/c1-9(2)4-12(16)15(20)18-6-13(19)14(7-18)21-8-11-5-10(3)22-17-11/h5,9,12-14,19H,4,6-8,16H2,1-3H3/t12-,13?,14?/m0/s1. The number of hydrogen-bond acceptors (Lipinski definition) is 6. The van der Waals surface area contributed by atoms with Crippen molar-refractivity contribution in [3.8, 4) is 0 Å². The minimum absolute atomic E-state index is 0.129. The molecule has 2 rings (SSSR count). The summed E-state index contributed by atoms with van der Waals surface area (Å²) >= 11 is 0. The minimum Gasteiger partial charge on any atom is -0.388 e. The molecule has 7 heteroatoms. The Morgan fingerprint density at radius 3 is 2.91 bits per heavy atom.